The molecule has 0 atom stereocenters. The maximum atomic E-state index is 12.1. The van der Waals surface area contributed by atoms with Gasteiger partial charge in [0.15, 0.2) is 0 Å². The minimum Gasteiger partial charge on any atom is -0.346 e. The summed E-state index contributed by atoms with van der Waals surface area (Å²) in [5, 5.41) is 5.04. The van der Waals surface area contributed by atoms with Crippen molar-refractivity contribution in [3.63, 3.8) is 0 Å². The highest BCUT2D eigenvalue weighted by Crippen LogP contribution is 2.20. The summed E-state index contributed by atoms with van der Waals surface area (Å²) in [6.07, 6.45) is 1.47. The van der Waals surface area contributed by atoms with Gasteiger partial charge in [-0.05, 0) is 22.0 Å². The second kappa shape index (κ2) is 6.65. The van der Waals surface area contributed by atoms with Crippen LogP contribution >= 0.6 is 38.9 Å². The molecular formula is C13H13BrClN3OS. The third kappa shape index (κ3) is 3.77. The predicted molar refractivity (Wildman–Crippen MR) is 84.3 cm³/mol. The highest BCUT2D eigenvalue weighted by atomic mass is 79.9. The van der Waals surface area contributed by atoms with Crippen LogP contribution in [0.4, 0.5) is 0 Å². The van der Waals surface area contributed by atoms with Crippen LogP contribution in [0.25, 0.3) is 0 Å². The largest absolute Gasteiger partial charge is 0.346 e. The van der Waals surface area contributed by atoms with E-state index in [0.717, 1.165) is 9.35 Å². The fourth-order valence-corrected chi connectivity index (χ4v) is 3.08. The molecule has 0 spiro atoms. The van der Waals surface area contributed by atoms with Crippen LogP contribution in [0.2, 0.25) is 5.02 Å². The molecule has 20 heavy (non-hydrogen) atoms. The van der Waals surface area contributed by atoms with E-state index in [4.69, 9.17) is 11.6 Å². The van der Waals surface area contributed by atoms with Crippen molar-refractivity contribution in [1.29, 1.82) is 0 Å². The molecule has 0 aliphatic rings. The first kappa shape index (κ1) is 15.4. The molecule has 0 aliphatic heterocycles. The highest BCUT2D eigenvalue weighted by molar-refractivity contribution is 9.10. The van der Waals surface area contributed by atoms with Gasteiger partial charge >= 0.3 is 0 Å². The number of aromatic nitrogens is 2. The first-order valence-electron chi connectivity index (χ1n) is 6.01. The zero-order valence-corrected chi connectivity index (χ0v) is 14.1. The third-order valence-corrected chi connectivity index (χ3v) is 4.51. The fraction of sp³-hybridized carbons (Fsp3) is 0.308. The number of thiophene rings is 1. The number of nitrogens with zero attached hydrogens (tertiary/aromatic N) is 2. The average molecular weight is 375 g/mol. The Morgan fingerprint density at radius 3 is 2.90 bits per heavy atom. The van der Waals surface area contributed by atoms with Gasteiger partial charge in [0.2, 0.25) is 0 Å². The lowest BCUT2D eigenvalue weighted by molar-refractivity contribution is 0.0946. The molecule has 106 valence electrons. The number of halogens is 2. The van der Waals surface area contributed by atoms with Crippen molar-refractivity contribution in [1.82, 2.24) is 15.3 Å². The molecule has 2 aromatic rings. The highest BCUT2D eigenvalue weighted by Gasteiger charge is 2.15. The lowest BCUT2D eigenvalue weighted by atomic mass is 10.2. The van der Waals surface area contributed by atoms with Gasteiger partial charge in [0.1, 0.15) is 11.5 Å². The number of rotatable bonds is 4. The third-order valence-electron chi connectivity index (χ3n) is 2.54. The molecule has 1 N–H and O–H groups in total. The predicted octanol–water partition coefficient (Wildman–Crippen LogP) is 4.01. The smallest absolute Gasteiger partial charge is 0.271 e. The molecule has 4 nitrogen and oxygen atoms in total. The van der Waals surface area contributed by atoms with Gasteiger partial charge < -0.3 is 5.32 Å². The van der Waals surface area contributed by atoms with Crippen molar-refractivity contribution >= 4 is 44.8 Å². The van der Waals surface area contributed by atoms with Gasteiger partial charge in [-0.15, -0.1) is 11.3 Å². The lowest BCUT2D eigenvalue weighted by Gasteiger charge is -2.08. The van der Waals surface area contributed by atoms with Gasteiger partial charge in [0.25, 0.3) is 5.91 Å². The zero-order chi connectivity index (χ0) is 14.7. The minimum absolute atomic E-state index is 0.145. The van der Waals surface area contributed by atoms with Gasteiger partial charge in [0.05, 0.1) is 17.8 Å². The molecule has 0 aromatic carbocycles. The molecule has 0 bridgehead atoms. The van der Waals surface area contributed by atoms with Gasteiger partial charge in [-0.1, -0.05) is 25.4 Å². The fourth-order valence-electron chi connectivity index (χ4n) is 1.52. The molecule has 7 heteroatoms. The first-order valence-corrected chi connectivity index (χ1v) is 8.06. The molecular weight excluding hydrogens is 362 g/mol. The van der Waals surface area contributed by atoms with E-state index < -0.39 is 0 Å². The summed E-state index contributed by atoms with van der Waals surface area (Å²) in [7, 11) is 0. The van der Waals surface area contributed by atoms with Crippen LogP contribution in [0, 0.1) is 0 Å². The number of carbonyl (C=O) groups excluding carboxylic acids is 1. The van der Waals surface area contributed by atoms with Crippen LogP contribution in [0.1, 0.15) is 41.0 Å². The number of amides is 1. The molecule has 0 unspecified atom stereocenters. The number of carbonyl (C=O) groups is 1. The Balaban J connectivity index is 2.10. The molecule has 0 saturated heterocycles. The van der Waals surface area contributed by atoms with Crippen LogP contribution in [-0.2, 0) is 6.54 Å². The molecule has 1 amide bonds. The van der Waals surface area contributed by atoms with Crippen LogP contribution in [0.5, 0.6) is 0 Å². The van der Waals surface area contributed by atoms with E-state index in [2.05, 4.69) is 31.2 Å². The van der Waals surface area contributed by atoms with E-state index >= 15 is 0 Å². The van der Waals surface area contributed by atoms with E-state index in [1.54, 1.807) is 11.3 Å². The Bertz CT molecular complexity index is 630. The van der Waals surface area contributed by atoms with Crippen molar-refractivity contribution in [3.8, 4) is 0 Å². The standard InChI is InChI=1S/C13H13BrClN3OS/c1-7(2)12-16-5-10(15)11(18-12)13(19)17-4-9-3-8(14)6-20-9/h3,5-7H,4H2,1-2H3,(H,17,19). The van der Waals surface area contributed by atoms with Crippen LogP contribution in [0.3, 0.4) is 0 Å². The Morgan fingerprint density at radius 1 is 1.55 bits per heavy atom. The van der Waals surface area contributed by atoms with E-state index in [9.17, 15) is 4.79 Å². The second-order valence-corrected chi connectivity index (χ2v) is 6.81. The van der Waals surface area contributed by atoms with E-state index in [1.165, 1.54) is 6.20 Å². The van der Waals surface area contributed by atoms with Gasteiger partial charge in [-0.3, -0.25) is 4.79 Å². The molecule has 0 aliphatic carbocycles. The summed E-state index contributed by atoms with van der Waals surface area (Å²) < 4.78 is 1.01. The molecule has 0 radical (unpaired) electrons. The quantitative estimate of drug-likeness (QED) is 0.880. The van der Waals surface area contributed by atoms with Gasteiger partial charge in [-0.25, -0.2) is 9.97 Å². The van der Waals surface area contributed by atoms with Crippen LogP contribution < -0.4 is 5.32 Å². The maximum Gasteiger partial charge on any atom is 0.271 e. The Kier molecular flexibility index (Phi) is 5.12. The average Bonchev–Trinajstić information content (AvgIpc) is 2.82. The summed E-state index contributed by atoms with van der Waals surface area (Å²) in [4.78, 5) is 21.5. The van der Waals surface area contributed by atoms with Crippen LogP contribution in [0.15, 0.2) is 22.1 Å². The second-order valence-electron chi connectivity index (χ2n) is 4.49. The summed E-state index contributed by atoms with van der Waals surface area (Å²) >= 11 is 10.9. The van der Waals surface area contributed by atoms with Crippen molar-refractivity contribution in [3.05, 3.63) is 43.5 Å². The minimum atomic E-state index is -0.288. The van der Waals surface area contributed by atoms with Crippen LogP contribution in [-0.4, -0.2) is 15.9 Å². The van der Waals surface area contributed by atoms with E-state index in [-0.39, 0.29) is 22.5 Å². The summed E-state index contributed by atoms with van der Waals surface area (Å²) in [5.74, 6) is 0.467. The number of hydrogen-bond acceptors (Lipinski definition) is 4. The molecule has 2 heterocycles. The van der Waals surface area contributed by atoms with Crippen molar-refractivity contribution in [2.24, 2.45) is 0 Å². The van der Waals surface area contributed by atoms with Gasteiger partial charge in [-0.2, -0.15) is 0 Å². The van der Waals surface area contributed by atoms with E-state index in [0.29, 0.717) is 12.4 Å². The summed E-state index contributed by atoms with van der Waals surface area (Å²) in [6.45, 7) is 4.38. The first-order chi connectivity index (χ1) is 9.47. The Hall–Kier alpha value is -0.980. The SMILES string of the molecule is CC(C)c1ncc(Cl)c(C(=O)NCc2cc(Br)cs2)n1. The zero-order valence-electron chi connectivity index (χ0n) is 11.0. The van der Waals surface area contributed by atoms with Crippen molar-refractivity contribution in [2.75, 3.05) is 0 Å². The topological polar surface area (TPSA) is 54.9 Å². The normalized spacial score (nSPS) is 10.8. The number of nitrogens with one attached hydrogen (secondary N) is 1. The van der Waals surface area contributed by atoms with Gasteiger partial charge in [0, 0.05) is 20.6 Å². The summed E-state index contributed by atoms with van der Waals surface area (Å²) in [5.41, 5.74) is 0.223. The summed E-state index contributed by atoms with van der Waals surface area (Å²) in [6, 6.07) is 1.96. The molecule has 2 aromatic heterocycles. The maximum absolute atomic E-state index is 12.1. The molecule has 2 rings (SSSR count). The number of hydrogen-bond donors (Lipinski definition) is 1. The van der Waals surface area contributed by atoms with Crippen molar-refractivity contribution in [2.45, 2.75) is 26.3 Å². The Labute approximate surface area is 134 Å². The monoisotopic (exact) mass is 373 g/mol. The molecule has 0 saturated carbocycles. The molecule has 0 fully saturated rings. The van der Waals surface area contributed by atoms with Crippen molar-refractivity contribution < 1.29 is 4.79 Å². The lowest BCUT2D eigenvalue weighted by Crippen LogP contribution is -2.24. The Morgan fingerprint density at radius 2 is 2.30 bits per heavy atom. The van der Waals surface area contributed by atoms with E-state index in [1.807, 2.05) is 25.3 Å².